The van der Waals surface area contributed by atoms with E-state index < -0.39 is 15.6 Å². The summed E-state index contributed by atoms with van der Waals surface area (Å²) in [6.07, 6.45) is 8.50. The first-order valence-corrected chi connectivity index (χ1v) is 13.9. The number of rotatable bonds is 9. The average molecular weight is 466 g/mol. The molecule has 0 radical (unpaired) electrons. The van der Waals surface area contributed by atoms with Gasteiger partial charge in [0.25, 0.3) is 0 Å². The summed E-state index contributed by atoms with van der Waals surface area (Å²) >= 11 is 0. The second-order valence-corrected chi connectivity index (χ2v) is 13.8. The number of fused-ring (bicyclic) bond motifs is 1. The first-order chi connectivity index (χ1) is 13.5. The predicted molar refractivity (Wildman–Crippen MR) is 118 cm³/mol. The van der Waals surface area contributed by atoms with Crippen molar-refractivity contribution in [3.8, 4) is 0 Å². The molecule has 7 nitrogen and oxygen atoms in total. The van der Waals surface area contributed by atoms with Crippen LogP contribution in [-0.4, -0.2) is 21.3 Å². The summed E-state index contributed by atoms with van der Waals surface area (Å²) in [6, 6.07) is 0. The van der Waals surface area contributed by atoms with Gasteiger partial charge in [0.15, 0.2) is 0 Å². The van der Waals surface area contributed by atoms with Gasteiger partial charge in [0.05, 0.1) is 6.61 Å². The van der Waals surface area contributed by atoms with Crippen LogP contribution in [0.1, 0.15) is 86.0 Å². The molecule has 0 amide bonds. The van der Waals surface area contributed by atoms with Crippen molar-refractivity contribution in [1.29, 1.82) is 0 Å². The van der Waals surface area contributed by atoms with E-state index in [1.54, 1.807) is 0 Å². The minimum Gasteiger partial charge on any atom is -0.302 e. The van der Waals surface area contributed by atoms with Crippen LogP contribution in [0.15, 0.2) is 12.2 Å². The molecular formula is C21H40O7P2. The van der Waals surface area contributed by atoms with Gasteiger partial charge in [-0.05, 0) is 73.0 Å². The van der Waals surface area contributed by atoms with E-state index in [0.717, 1.165) is 19.3 Å². The quantitative estimate of drug-likeness (QED) is 0.273. The van der Waals surface area contributed by atoms with Crippen molar-refractivity contribution in [3.63, 3.8) is 0 Å². The molecule has 2 rings (SSSR count). The molecule has 2 saturated carbocycles. The number of phosphoric acid groups is 2. The molecule has 0 heterocycles. The second-order valence-electron chi connectivity index (χ2n) is 11.0. The zero-order valence-corrected chi connectivity index (χ0v) is 20.9. The molecule has 2 fully saturated rings. The third kappa shape index (κ3) is 6.75. The van der Waals surface area contributed by atoms with Gasteiger partial charge in [-0.25, -0.2) is 9.13 Å². The number of allylic oxidation sites excluding steroid dienone is 1. The van der Waals surface area contributed by atoms with Crippen molar-refractivity contribution in [1.82, 2.24) is 0 Å². The second kappa shape index (κ2) is 9.09. The van der Waals surface area contributed by atoms with Crippen LogP contribution < -0.4 is 0 Å². The van der Waals surface area contributed by atoms with Gasteiger partial charge in [-0.1, -0.05) is 53.2 Å². The molecule has 30 heavy (non-hydrogen) atoms. The summed E-state index contributed by atoms with van der Waals surface area (Å²) < 4.78 is 31.0. The minimum absolute atomic E-state index is 0.112. The van der Waals surface area contributed by atoms with Crippen molar-refractivity contribution < 1.29 is 32.6 Å². The molecule has 176 valence electrons. The molecule has 2 aliphatic rings. The van der Waals surface area contributed by atoms with E-state index >= 15 is 0 Å². The predicted octanol–water partition coefficient (Wildman–Crippen LogP) is 6.21. The number of hydrogen-bond acceptors (Lipinski definition) is 4. The Hall–Kier alpha value is -0.0000000000000000416. The Morgan fingerprint density at radius 3 is 2.37 bits per heavy atom. The molecule has 0 aromatic carbocycles. The molecule has 0 saturated heterocycles. The standard InChI is InChI=1S/C21H40O7P2/c1-16-8-9-18-20(4,5)11-7-12-21(18,6)17(16)10-13-19(2,3)14-15-27-30(25,26)28-29(22,23)24/h17-18H,1,7-15H2,2-6H3,(H,25,26)(H2,22,23,24)/t17-,18-,21+/m0/s1. The Morgan fingerprint density at radius 2 is 1.77 bits per heavy atom. The lowest BCUT2D eigenvalue weighted by Gasteiger charge is -2.58. The van der Waals surface area contributed by atoms with Gasteiger partial charge in [0.2, 0.25) is 0 Å². The van der Waals surface area contributed by atoms with Crippen LogP contribution in [0, 0.1) is 28.1 Å². The first-order valence-electron chi connectivity index (χ1n) is 10.9. The normalized spacial score (nSPS) is 31.8. The van der Waals surface area contributed by atoms with E-state index in [2.05, 4.69) is 45.5 Å². The van der Waals surface area contributed by atoms with Crippen LogP contribution in [0.3, 0.4) is 0 Å². The Labute approximate surface area is 181 Å². The van der Waals surface area contributed by atoms with Crippen LogP contribution in [0.4, 0.5) is 0 Å². The highest BCUT2D eigenvalue weighted by Crippen LogP contribution is 2.62. The minimum atomic E-state index is -5.09. The van der Waals surface area contributed by atoms with Gasteiger partial charge in [-0.3, -0.25) is 4.52 Å². The molecule has 3 N–H and O–H groups in total. The lowest BCUT2D eigenvalue weighted by molar-refractivity contribution is -0.0566. The number of hydrogen-bond donors (Lipinski definition) is 3. The highest BCUT2D eigenvalue weighted by Gasteiger charge is 2.52. The Bertz CT molecular complexity index is 727. The molecular weight excluding hydrogens is 426 g/mol. The van der Waals surface area contributed by atoms with E-state index in [-0.39, 0.29) is 17.4 Å². The third-order valence-corrected chi connectivity index (χ3v) is 9.86. The van der Waals surface area contributed by atoms with Crippen LogP contribution in [0.5, 0.6) is 0 Å². The van der Waals surface area contributed by atoms with Crippen LogP contribution in [0.2, 0.25) is 0 Å². The fraction of sp³-hybridized carbons (Fsp3) is 0.905. The molecule has 4 atom stereocenters. The lowest BCUT2D eigenvalue weighted by atomic mass is 9.47. The van der Waals surface area contributed by atoms with Crippen molar-refractivity contribution in [2.75, 3.05) is 6.61 Å². The summed E-state index contributed by atoms with van der Waals surface area (Å²) in [7, 11) is -9.86. The van der Waals surface area contributed by atoms with E-state index in [9.17, 15) is 14.0 Å². The fourth-order valence-corrected chi connectivity index (χ4v) is 7.65. The van der Waals surface area contributed by atoms with Crippen molar-refractivity contribution in [2.24, 2.45) is 28.1 Å². The van der Waals surface area contributed by atoms with E-state index in [0.29, 0.717) is 23.7 Å². The lowest BCUT2D eigenvalue weighted by Crippen LogP contribution is -2.49. The fourth-order valence-electron chi connectivity index (χ4n) is 6.06. The zero-order chi connectivity index (χ0) is 23.0. The van der Waals surface area contributed by atoms with Gasteiger partial charge in [-0.2, -0.15) is 4.31 Å². The van der Waals surface area contributed by atoms with Gasteiger partial charge in [-0.15, -0.1) is 0 Å². The van der Waals surface area contributed by atoms with Crippen molar-refractivity contribution in [3.05, 3.63) is 12.2 Å². The maximum Gasteiger partial charge on any atom is 0.481 e. The summed E-state index contributed by atoms with van der Waals surface area (Å²) in [6.45, 7) is 15.7. The molecule has 0 aromatic heterocycles. The first kappa shape index (κ1) is 26.3. The van der Waals surface area contributed by atoms with Gasteiger partial charge >= 0.3 is 15.6 Å². The topological polar surface area (TPSA) is 113 Å². The van der Waals surface area contributed by atoms with Crippen molar-refractivity contribution in [2.45, 2.75) is 86.0 Å². The highest BCUT2D eigenvalue weighted by molar-refractivity contribution is 7.60. The third-order valence-electron chi connectivity index (χ3n) is 7.67. The molecule has 0 aromatic rings. The molecule has 0 aliphatic heterocycles. The van der Waals surface area contributed by atoms with Gasteiger partial charge in [0.1, 0.15) is 0 Å². The Balaban J connectivity index is 1.96. The largest absolute Gasteiger partial charge is 0.481 e. The maximum atomic E-state index is 11.6. The van der Waals surface area contributed by atoms with E-state index in [1.165, 1.54) is 31.3 Å². The molecule has 0 bridgehead atoms. The van der Waals surface area contributed by atoms with Crippen LogP contribution in [0.25, 0.3) is 0 Å². The van der Waals surface area contributed by atoms with E-state index in [1.807, 2.05) is 0 Å². The Morgan fingerprint density at radius 1 is 1.13 bits per heavy atom. The zero-order valence-electron chi connectivity index (χ0n) is 19.1. The molecule has 1 unspecified atom stereocenters. The summed E-state index contributed by atoms with van der Waals surface area (Å²) in [5, 5.41) is 0. The van der Waals surface area contributed by atoms with Crippen LogP contribution in [-0.2, 0) is 18.0 Å². The van der Waals surface area contributed by atoms with Gasteiger partial charge in [0, 0.05) is 0 Å². The number of phosphoric ester groups is 1. The van der Waals surface area contributed by atoms with Gasteiger partial charge < -0.3 is 14.7 Å². The Kier molecular flexibility index (Phi) is 7.96. The van der Waals surface area contributed by atoms with E-state index in [4.69, 9.17) is 14.3 Å². The highest BCUT2D eigenvalue weighted by atomic mass is 31.3. The van der Waals surface area contributed by atoms with Crippen LogP contribution >= 0.6 is 15.6 Å². The molecule has 9 heteroatoms. The SMILES string of the molecule is C=C1CC[C@H]2C(C)(C)CCC[C@]2(C)[C@H]1CCC(C)(C)CCOP(=O)(O)OP(=O)(O)O. The summed E-state index contributed by atoms with van der Waals surface area (Å²) in [5.41, 5.74) is 1.82. The van der Waals surface area contributed by atoms with Crippen molar-refractivity contribution >= 4 is 15.6 Å². The molecule has 0 spiro atoms. The summed E-state index contributed by atoms with van der Waals surface area (Å²) in [5.74, 6) is 1.17. The summed E-state index contributed by atoms with van der Waals surface area (Å²) in [4.78, 5) is 26.8. The average Bonchev–Trinajstić information content (AvgIpc) is 2.50. The molecule has 2 aliphatic carbocycles. The maximum absolute atomic E-state index is 11.6. The smallest absolute Gasteiger partial charge is 0.302 e. The monoisotopic (exact) mass is 466 g/mol.